The van der Waals surface area contributed by atoms with Gasteiger partial charge in [-0.2, -0.15) is 10.1 Å². The van der Waals surface area contributed by atoms with Crippen molar-refractivity contribution in [2.75, 3.05) is 16.8 Å². The number of aryl methyl sites for hydroxylation is 1. The van der Waals surface area contributed by atoms with Crippen LogP contribution in [0.3, 0.4) is 0 Å². The van der Waals surface area contributed by atoms with Gasteiger partial charge in [0.05, 0.1) is 6.20 Å². The van der Waals surface area contributed by atoms with E-state index in [2.05, 4.69) is 49.4 Å². The summed E-state index contributed by atoms with van der Waals surface area (Å²) < 4.78 is 1.08. The van der Waals surface area contributed by atoms with Crippen molar-refractivity contribution >= 4 is 39.1 Å². The zero-order valence-electron chi connectivity index (χ0n) is 13.6. The van der Waals surface area contributed by atoms with E-state index in [9.17, 15) is 0 Å². The van der Waals surface area contributed by atoms with Gasteiger partial charge in [0.15, 0.2) is 5.82 Å². The lowest BCUT2D eigenvalue weighted by Gasteiger charge is -2.20. The number of hydrogen-bond donors (Lipinski definition) is 1. The lowest BCUT2D eigenvalue weighted by molar-refractivity contribution is 0.887. The van der Waals surface area contributed by atoms with Crippen LogP contribution in [0.1, 0.15) is 12.5 Å². The fourth-order valence-corrected chi connectivity index (χ4v) is 2.63. The summed E-state index contributed by atoms with van der Waals surface area (Å²) in [6.45, 7) is 4.87. The van der Waals surface area contributed by atoms with Gasteiger partial charge >= 0.3 is 0 Å². The van der Waals surface area contributed by atoms with Gasteiger partial charge in [-0.1, -0.05) is 34.1 Å². The average molecular weight is 384 g/mol. The molecular weight excluding hydrogens is 366 g/mol. The summed E-state index contributed by atoms with van der Waals surface area (Å²) in [6.07, 6.45) is 1.62. The SMILES string of the molecule is CCN(c1ccccc1)c1nncc(Nc2ccc(Br)c(C)c2)n1. The van der Waals surface area contributed by atoms with Gasteiger partial charge in [0, 0.05) is 22.4 Å². The van der Waals surface area contributed by atoms with Crippen LogP contribution >= 0.6 is 15.9 Å². The molecule has 0 spiro atoms. The molecule has 0 saturated heterocycles. The third kappa shape index (κ3) is 3.71. The number of halogens is 1. The zero-order valence-corrected chi connectivity index (χ0v) is 15.2. The third-order valence-corrected chi connectivity index (χ3v) is 4.49. The highest BCUT2D eigenvalue weighted by Crippen LogP contribution is 2.24. The van der Waals surface area contributed by atoms with Crippen LogP contribution < -0.4 is 10.2 Å². The third-order valence-electron chi connectivity index (χ3n) is 3.60. The van der Waals surface area contributed by atoms with Gasteiger partial charge in [0.2, 0.25) is 0 Å². The molecule has 0 unspecified atom stereocenters. The Bertz CT molecular complexity index is 823. The minimum absolute atomic E-state index is 0.572. The van der Waals surface area contributed by atoms with Crippen molar-refractivity contribution in [1.29, 1.82) is 0 Å². The van der Waals surface area contributed by atoms with Crippen LogP contribution in [0.5, 0.6) is 0 Å². The second-order valence-electron chi connectivity index (χ2n) is 5.31. The maximum atomic E-state index is 4.60. The van der Waals surface area contributed by atoms with Crippen molar-refractivity contribution in [3.63, 3.8) is 0 Å². The molecule has 5 nitrogen and oxygen atoms in total. The standard InChI is InChI=1S/C18H18BrN5/c1-3-24(15-7-5-4-6-8-15)18-22-17(12-20-23-18)21-14-9-10-16(19)13(2)11-14/h4-12H,3H2,1-2H3,(H,21,22,23). The predicted octanol–water partition coefficient (Wildman–Crippen LogP) is 4.84. The highest BCUT2D eigenvalue weighted by atomic mass is 79.9. The molecule has 0 bridgehead atoms. The van der Waals surface area contributed by atoms with Gasteiger partial charge < -0.3 is 10.2 Å². The lowest BCUT2D eigenvalue weighted by Crippen LogP contribution is -2.19. The largest absolute Gasteiger partial charge is 0.339 e. The van der Waals surface area contributed by atoms with Crippen LogP contribution in [0.25, 0.3) is 0 Å². The number of benzene rings is 2. The number of aromatic nitrogens is 3. The molecule has 0 aliphatic rings. The first-order valence-corrected chi connectivity index (χ1v) is 8.52. The molecule has 122 valence electrons. The number of nitrogens with one attached hydrogen (secondary N) is 1. The molecule has 6 heteroatoms. The van der Waals surface area contributed by atoms with Crippen LogP contribution in [0.4, 0.5) is 23.1 Å². The molecule has 2 aromatic carbocycles. The maximum absolute atomic E-state index is 4.60. The van der Waals surface area contributed by atoms with Crippen molar-refractivity contribution in [3.05, 3.63) is 64.8 Å². The van der Waals surface area contributed by atoms with Crippen molar-refractivity contribution in [2.24, 2.45) is 0 Å². The van der Waals surface area contributed by atoms with E-state index in [1.807, 2.05) is 54.3 Å². The van der Waals surface area contributed by atoms with Gasteiger partial charge in [-0.05, 0) is 49.7 Å². The fourth-order valence-electron chi connectivity index (χ4n) is 2.39. The van der Waals surface area contributed by atoms with Crippen molar-refractivity contribution in [3.8, 4) is 0 Å². The van der Waals surface area contributed by atoms with Crippen LogP contribution in [-0.2, 0) is 0 Å². The fraction of sp³-hybridized carbons (Fsp3) is 0.167. The molecule has 0 amide bonds. The van der Waals surface area contributed by atoms with Gasteiger partial charge in [0.1, 0.15) is 0 Å². The Morgan fingerprint density at radius 2 is 1.92 bits per heavy atom. The van der Waals surface area contributed by atoms with Gasteiger partial charge in [-0.3, -0.25) is 0 Å². The highest BCUT2D eigenvalue weighted by Gasteiger charge is 2.11. The number of para-hydroxylation sites is 1. The Hall–Kier alpha value is -2.47. The summed E-state index contributed by atoms with van der Waals surface area (Å²) in [4.78, 5) is 6.62. The summed E-state index contributed by atoms with van der Waals surface area (Å²) in [5.74, 6) is 1.23. The molecule has 0 fully saturated rings. The Morgan fingerprint density at radius 3 is 2.62 bits per heavy atom. The molecule has 24 heavy (non-hydrogen) atoms. The van der Waals surface area contributed by atoms with Crippen molar-refractivity contribution in [1.82, 2.24) is 15.2 Å². The molecule has 1 heterocycles. The van der Waals surface area contributed by atoms with Crippen LogP contribution in [0.2, 0.25) is 0 Å². The van der Waals surface area contributed by atoms with Gasteiger partial charge in [-0.15, -0.1) is 5.10 Å². The van der Waals surface area contributed by atoms with Crippen LogP contribution in [-0.4, -0.2) is 21.7 Å². The first kappa shape index (κ1) is 16.4. The zero-order chi connectivity index (χ0) is 16.9. The predicted molar refractivity (Wildman–Crippen MR) is 101 cm³/mol. The first-order valence-electron chi connectivity index (χ1n) is 7.73. The number of hydrogen-bond acceptors (Lipinski definition) is 5. The summed E-state index contributed by atoms with van der Waals surface area (Å²) in [7, 11) is 0. The molecule has 0 atom stereocenters. The monoisotopic (exact) mass is 383 g/mol. The Balaban J connectivity index is 1.86. The minimum Gasteiger partial charge on any atom is -0.339 e. The molecule has 3 rings (SSSR count). The molecule has 1 aromatic heterocycles. The normalized spacial score (nSPS) is 10.5. The average Bonchev–Trinajstić information content (AvgIpc) is 2.60. The van der Waals surface area contributed by atoms with E-state index >= 15 is 0 Å². The Morgan fingerprint density at radius 1 is 1.12 bits per heavy atom. The van der Waals surface area contributed by atoms with Crippen molar-refractivity contribution in [2.45, 2.75) is 13.8 Å². The molecule has 0 saturated carbocycles. The lowest BCUT2D eigenvalue weighted by atomic mass is 10.2. The molecule has 1 N–H and O–H groups in total. The molecular formula is C18H18BrN5. The maximum Gasteiger partial charge on any atom is 0.251 e. The molecule has 0 aliphatic carbocycles. The summed E-state index contributed by atoms with van der Waals surface area (Å²) >= 11 is 3.51. The van der Waals surface area contributed by atoms with Crippen molar-refractivity contribution < 1.29 is 0 Å². The van der Waals surface area contributed by atoms with E-state index in [0.717, 1.165) is 28.0 Å². The molecule has 3 aromatic rings. The second-order valence-corrected chi connectivity index (χ2v) is 6.16. The van der Waals surface area contributed by atoms with Gasteiger partial charge in [0.25, 0.3) is 5.95 Å². The van der Waals surface area contributed by atoms with Crippen LogP contribution in [0, 0.1) is 6.92 Å². The van der Waals surface area contributed by atoms with Crippen LogP contribution in [0.15, 0.2) is 59.2 Å². The number of rotatable bonds is 5. The first-order chi connectivity index (χ1) is 11.7. The smallest absolute Gasteiger partial charge is 0.251 e. The highest BCUT2D eigenvalue weighted by molar-refractivity contribution is 9.10. The Labute approximate surface area is 149 Å². The summed E-state index contributed by atoms with van der Waals surface area (Å²) in [5.41, 5.74) is 3.16. The quantitative estimate of drug-likeness (QED) is 0.682. The van der Waals surface area contributed by atoms with E-state index in [0.29, 0.717) is 11.8 Å². The van der Waals surface area contributed by atoms with E-state index in [1.165, 1.54) is 0 Å². The topological polar surface area (TPSA) is 53.9 Å². The Kier molecular flexibility index (Phi) is 5.05. The summed E-state index contributed by atoms with van der Waals surface area (Å²) in [6, 6.07) is 16.1. The van der Waals surface area contributed by atoms with E-state index in [1.54, 1.807) is 6.20 Å². The van der Waals surface area contributed by atoms with E-state index < -0.39 is 0 Å². The minimum atomic E-state index is 0.572. The number of anilines is 4. The second kappa shape index (κ2) is 7.40. The number of nitrogens with zero attached hydrogens (tertiary/aromatic N) is 4. The molecule has 0 aliphatic heterocycles. The molecule has 0 radical (unpaired) electrons. The van der Waals surface area contributed by atoms with Gasteiger partial charge in [-0.25, -0.2) is 0 Å². The summed E-state index contributed by atoms with van der Waals surface area (Å²) in [5, 5.41) is 11.5. The van der Waals surface area contributed by atoms with E-state index in [-0.39, 0.29) is 0 Å². The van der Waals surface area contributed by atoms with E-state index in [4.69, 9.17) is 0 Å².